The summed E-state index contributed by atoms with van der Waals surface area (Å²) >= 11 is 0. The third-order valence-electron chi connectivity index (χ3n) is 5.31. The number of carbonyl (C=O) groups is 1. The maximum absolute atomic E-state index is 11.0. The lowest BCUT2D eigenvalue weighted by Crippen LogP contribution is -2.18. The topological polar surface area (TPSA) is 55.8 Å². The number of unbranched alkanes of at least 4 members (excludes halogenated alkanes) is 6. The van der Waals surface area contributed by atoms with E-state index in [0.717, 1.165) is 19.3 Å². The molecule has 1 atom stereocenters. The summed E-state index contributed by atoms with van der Waals surface area (Å²) in [5, 5.41) is 9.01. The maximum atomic E-state index is 11.0. The van der Waals surface area contributed by atoms with Crippen LogP contribution in [0.25, 0.3) is 0 Å². The number of aromatic carboxylic acids is 1. The van der Waals surface area contributed by atoms with Crippen molar-refractivity contribution in [1.29, 1.82) is 0 Å². The van der Waals surface area contributed by atoms with Gasteiger partial charge in [-0.15, -0.1) is 0 Å². The summed E-state index contributed by atoms with van der Waals surface area (Å²) in [5.74, 6) is -0.314. The maximum Gasteiger partial charge on any atom is 0.335 e. The van der Waals surface area contributed by atoms with Crippen molar-refractivity contribution in [2.45, 2.75) is 83.8 Å². The van der Waals surface area contributed by atoms with E-state index in [0.29, 0.717) is 11.5 Å². The molecule has 4 nitrogen and oxygen atoms in total. The zero-order valence-electron chi connectivity index (χ0n) is 17.4. The molecule has 1 aromatic rings. The molecule has 27 heavy (non-hydrogen) atoms. The Balaban J connectivity index is 2.44. The van der Waals surface area contributed by atoms with Crippen LogP contribution in [0.1, 0.15) is 87.1 Å². The van der Waals surface area contributed by atoms with Crippen molar-refractivity contribution in [3.63, 3.8) is 0 Å². The number of hydrogen-bond donors (Lipinski definition) is 1. The van der Waals surface area contributed by atoms with Crippen molar-refractivity contribution < 1.29 is 19.4 Å². The van der Waals surface area contributed by atoms with Crippen LogP contribution in [0.2, 0.25) is 0 Å². The number of rotatable bonds is 16. The molecule has 0 fully saturated rings. The van der Waals surface area contributed by atoms with Crippen molar-refractivity contribution in [2.24, 2.45) is 5.92 Å². The molecule has 1 N–H and O–H groups in total. The molecule has 0 spiro atoms. The average molecular weight is 379 g/mol. The molecule has 1 rings (SSSR count). The number of ether oxygens (including phenoxy) is 2. The number of carboxylic acids is 1. The van der Waals surface area contributed by atoms with Gasteiger partial charge in [-0.3, -0.25) is 0 Å². The van der Waals surface area contributed by atoms with E-state index in [1.165, 1.54) is 56.9 Å². The van der Waals surface area contributed by atoms with Crippen LogP contribution in [0.4, 0.5) is 0 Å². The Labute approximate surface area is 165 Å². The van der Waals surface area contributed by atoms with Crippen molar-refractivity contribution in [3.8, 4) is 0 Å². The molecular formula is C23H38O4. The van der Waals surface area contributed by atoms with Crippen molar-refractivity contribution in [2.75, 3.05) is 14.2 Å². The van der Waals surface area contributed by atoms with E-state index in [4.69, 9.17) is 14.6 Å². The average Bonchev–Trinajstić information content (AvgIpc) is 2.69. The molecule has 0 aromatic heterocycles. The predicted octanol–water partition coefficient (Wildman–Crippen LogP) is 6.08. The lowest BCUT2D eigenvalue weighted by atomic mass is 9.90. The Morgan fingerprint density at radius 2 is 1.52 bits per heavy atom. The number of methoxy groups -OCH3 is 2. The fourth-order valence-electron chi connectivity index (χ4n) is 3.52. The third kappa shape index (κ3) is 10.5. The van der Waals surface area contributed by atoms with Gasteiger partial charge >= 0.3 is 5.97 Å². The zero-order valence-corrected chi connectivity index (χ0v) is 17.4. The second-order valence-corrected chi connectivity index (χ2v) is 7.45. The highest BCUT2D eigenvalue weighted by atomic mass is 16.7. The van der Waals surface area contributed by atoms with Crippen LogP contribution in [0.3, 0.4) is 0 Å². The minimum absolute atomic E-state index is 0.144. The summed E-state index contributed by atoms with van der Waals surface area (Å²) in [4.78, 5) is 11.0. The summed E-state index contributed by atoms with van der Waals surface area (Å²) < 4.78 is 10.8. The molecule has 0 bridgehead atoms. The van der Waals surface area contributed by atoms with Gasteiger partial charge in [-0.05, 0) is 36.5 Å². The molecule has 0 saturated heterocycles. The van der Waals surface area contributed by atoms with Gasteiger partial charge in [-0.2, -0.15) is 0 Å². The summed E-state index contributed by atoms with van der Waals surface area (Å²) in [6.45, 7) is 2.25. The second-order valence-electron chi connectivity index (χ2n) is 7.45. The number of benzene rings is 1. The first-order chi connectivity index (χ1) is 13.1. The Bertz CT molecular complexity index is 494. The van der Waals surface area contributed by atoms with E-state index in [-0.39, 0.29) is 6.29 Å². The molecule has 0 radical (unpaired) electrons. The van der Waals surface area contributed by atoms with Gasteiger partial charge in [0.25, 0.3) is 0 Å². The fourth-order valence-corrected chi connectivity index (χ4v) is 3.52. The molecule has 0 aliphatic carbocycles. The highest BCUT2D eigenvalue weighted by Gasteiger charge is 2.16. The minimum Gasteiger partial charge on any atom is -0.478 e. The summed E-state index contributed by atoms with van der Waals surface area (Å²) in [5.41, 5.74) is 1.54. The Morgan fingerprint density at radius 1 is 0.926 bits per heavy atom. The van der Waals surface area contributed by atoms with Crippen molar-refractivity contribution in [3.05, 3.63) is 35.4 Å². The van der Waals surface area contributed by atoms with E-state index in [2.05, 4.69) is 6.92 Å². The highest BCUT2D eigenvalue weighted by molar-refractivity contribution is 5.87. The first-order valence-corrected chi connectivity index (χ1v) is 10.5. The van der Waals surface area contributed by atoms with Crippen LogP contribution in [-0.4, -0.2) is 31.6 Å². The third-order valence-corrected chi connectivity index (χ3v) is 5.31. The summed E-state index contributed by atoms with van der Waals surface area (Å²) in [7, 11) is 3.40. The first-order valence-electron chi connectivity index (χ1n) is 10.5. The van der Waals surface area contributed by atoms with E-state index in [1.807, 2.05) is 12.1 Å². The van der Waals surface area contributed by atoms with Gasteiger partial charge in [-0.1, -0.05) is 70.4 Å². The normalized spacial score (nSPS) is 12.4. The predicted molar refractivity (Wildman–Crippen MR) is 110 cm³/mol. The monoisotopic (exact) mass is 378 g/mol. The van der Waals surface area contributed by atoms with Crippen molar-refractivity contribution in [1.82, 2.24) is 0 Å². The van der Waals surface area contributed by atoms with Crippen LogP contribution in [-0.2, 0) is 15.9 Å². The molecule has 0 aliphatic heterocycles. The molecule has 1 unspecified atom stereocenters. The molecule has 4 heteroatoms. The van der Waals surface area contributed by atoms with Gasteiger partial charge in [0.05, 0.1) is 5.56 Å². The van der Waals surface area contributed by atoms with Gasteiger partial charge in [0, 0.05) is 20.6 Å². The summed E-state index contributed by atoms with van der Waals surface area (Å²) in [6.07, 6.45) is 13.3. The molecule has 0 aliphatic rings. The van der Waals surface area contributed by atoms with Gasteiger partial charge < -0.3 is 14.6 Å². The smallest absolute Gasteiger partial charge is 0.335 e. The summed E-state index contributed by atoms with van der Waals surface area (Å²) in [6, 6.07) is 7.24. The largest absolute Gasteiger partial charge is 0.478 e. The number of carboxylic acid groups (broad SMARTS) is 1. The number of aryl methyl sites for hydroxylation is 1. The van der Waals surface area contributed by atoms with E-state index >= 15 is 0 Å². The Kier molecular flexibility index (Phi) is 12.8. The van der Waals surface area contributed by atoms with E-state index in [9.17, 15) is 4.79 Å². The van der Waals surface area contributed by atoms with Crippen LogP contribution >= 0.6 is 0 Å². The molecular weight excluding hydrogens is 340 g/mol. The molecule has 154 valence electrons. The van der Waals surface area contributed by atoms with Crippen LogP contribution in [0.5, 0.6) is 0 Å². The highest BCUT2D eigenvalue weighted by Crippen LogP contribution is 2.24. The first kappa shape index (κ1) is 23.6. The standard InChI is InChI=1S/C23H38O4/c1-4-5-6-7-8-9-10-11-20(18-22(26-2)27-3)13-12-19-14-16-21(17-15-19)23(24)25/h14-17,20,22H,4-13,18H2,1-3H3,(H,24,25). The van der Waals surface area contributed by atoms with E-state index in [1.54, 1.807) is 26.4 Å². The van der Waals surface area contributed by atoms with Crippen LogP contribution < -0.4 is 0 Å². The number of hydrogen-bond acceptors (Lipinski definition) is 3. The lowest BCUT2D eigenvalue weighted by Gasteiger charge is -2.22. The Morgan fingerprint density at radius 3 is 2.07 bits per heavy atom. The molecule has 0 amide bonds. The Hall–Kier alpha value is -1.39. The minimum atomic E-state index is -0.874. The van der Waals surface area contributed by atoms with Gasteiger partial charge in [0.1, 0.15) is 0 Å². The van der Waals surface area contributed by atoms with Gasteiger partial charge in [0.2, 0.25) is 0 Å². The quantitative estimate of drug-likeness (QED) is 0.280. The van der Waals surface area contributed by atoms with Gasteiger partial charge in [0.15, 0.2) is 6.29 Å². The van der Waals surface area contributed by atoms with E-state index < -0.39 is 5.97 Å². The van der Waals surface area contributed by atoms with Crippen LogP contribution in [0, 0.1) is 5.92 Å². The molecule has 1 aromatic carbocycles. The molecule has 0 heterocycles. The molecule has 0 saturated carbocycles. The zero-order chi connectivity index (χ0) is 19.9. The lowest BCUT2D eigenvalue weighted by molar-refractivity contribution is -0.115. The SMILES string of the molecule is CCCCCCCCCC(CCc1ccc(C(=O)O)cc1)CC(OC)OC. The fraction of sp³-hybridized carbons (Fsp3) is 0.696. The second kappa shape index (κ2) is 14.6. The van der Waals surface area contributed by atoms with Gasteiger partial charge in [-0.25, -0.2) is 4.79 Å². The van der Waals surface area contributed by atoms with Crippen molar-refractivity contribution >= 4 is 5.97 Å². The van der Waals surface area contributed by atoms with Crippen LogP contribution in [0.15, 0.2) is 24.3 Å².